The molecule has 0 unspecified atom stereocenters. The number of aromatic nitrogens is 4. The van der Waals surface area contributed by atoms with Crippen LogP contribution in [-0.2, 0) is 13.6 Å². The molecule has 0 bridgehead atoms. The highest BCUT2D eigenvalue weighted by atomic mass is 16.5. The molecule has 1 N–H and O–H groups in total. The van der Waals surface area contributed by atoms with Crippen LogP contribution >= 0.6 is 0 Å². The normalized spacial score (nSPS) is 11.0. The number of ether oxygens (including phenoxy) is 1. The minimum Gasteiger partial charge on any atom is -0.456 e. The topological polar surface area (TPSA) is 81.9 Å². The van der Waals surface area contributed by atoms with Crippen molar-refractivity contribution >= 4 is 16.8 Å². The fourth-order valence-electron chi connectivity index (χ4n) is 4.43. The number of aryl methyl sites for hydroxylation is 2. The summed E-state index contributed by atoms with van der Waals surface area (Å²) in [5, 5.41) is 8.40. The zero-order valence-electron chi connectivity index (χ0n) is 20.7. The van der Waals surface area contributed by atoms with E-state index in [4.69, 9.17) is 4.74 Å². The second kappa shape index (κ2) is 9.62. The van der Waals surface area contributed by atoms with Gasteiger partial charge in [-0.05, 0) is 74.4 Å². The Morgan fingerprint density at radius 2 is 1.78 bits per heavy atom. The Morgan fingerprint density at radius 3 is 2.53 bits per heavy atom. The van der Waals surface area contributed by atoms with Gasteiger partial charge in [0.15, 0.2) is 0 Å². The van der Waals surface area contributed by atoms with E-state index in [1.54, 1.807) is 24.7 Å². The minimum absolute atomic E-state index is 0.152. The van der Waals surface area contributed by atoms with Gasteiger partial charge in [0, 0.05) is 60.0 Å². The minimum atomic E-state index is -0.152. The van der Waals surface area contributed by atoms with Gasteiger partial charge in [0.05, 0.1) is 11.2 Å². The molecule has 0 aliphatic rings. The van der Waals surface area contributed by atoms with Crippen molar-refractivity contribution in [3.05, 3.63) is 101 Å². The van der Waals surface area contributed by atoms with E-state index in [-0.39, 0.29) is 5.91 Å². The standard InChI is InChI=1S/C29H27N5O2/c1-18-23(29(35)32-17-21-10-13-30-14-11-21)6-5-7-26(18)36-27-12-15-31-25-16-22(8-9-24(25)27)28-19(2)33-34(4)20(28)3/h5-16H,17H2,1-4H3,(H,32,35). The highest BCUT2D eigenvalue weighted by molar-refractivity contribution is 5.96. The molecule has 2 aromatic carbocycles. The zero-order chi connectivity index (χ0) is 25.2. The molecule has 7 heteroatoms. The van der Waals surface area contributed by atoms with Gasteiger partial charge in [-0.1, -0.05) is 12.1 Å². The quantitative estimate of drug-likeness (QED) is 0.340. The number of amides is 1. The molecule has 0 saturated carbocycles. The molecule has 1 amide bonds. The van der Waals surface area contributed by atoms with Gasteiger partial charge in [-0.15, -0.1) is 0 Å². The van der Waals surface area contributed by atoms with Crippen LogP contribution < -0.4 is 10.1 Å². The first-order chi connectivity index (χ1) is 17.4. The number of fused-ring (bicyclic) bond motifs is 1. The van der Waals surface area contributed by atoms with Gasteiger partial charge in [0.2, 0.25) is 0 Å². The van der Waals surface area contributed by atoms with Crippen LogP contribution in [0, 0.1) is 20.8 Å². The lowest BCUT2D eigenvalue weighted by Gasteiger charge is -2.14. The lowest BCUT2D eigenvalue weighted by molar-refractivity contribution is 0.0950. The molecule has 36 heavy (non-hydrogen) atoms. The monoisotopic (exact) mass is 477 g/mol. The van der Waals surface area contributed by atoms with Gasteiger partial charge in [0.25, 0.3) is 5.91 Å². The molecular weight excluding hydrogens is 450 g/mol. The fourth-order valence-corrected chi connectivity index (χ4v) is 4.43. The van der Waals surface area contributed by atoms with Gasteiger partial charge >= 0.3 is 0 Å². The lowest BCUT2D eigenvalue weighted by Crippen LogP contribution is -2.23. The van der Waals surface area contributed by atoms with Crippen molar-refractivity contribution in [2.45, 2.75) is 27.3 Å². The van der Waals surface area contributed by atoms with Crippen molar-refractivity contribution in [1.82, 2.24) is 25.1 Å². The van der Waals surface area contributed by atoms with Crippen LogP contribution in [0.4, 0.5) is 0 Å². The second-order valence-corrected chi connectivity index (χ2v) is 8.78. The summed E-state index contributed by atoms with van der Waals surface area (Å²) >= 11 is 0. The van der Waals surface area contributed by atoms with Crippen LogP contribution in [0.5, 0.6) is 11.5 Å². The third kappa shape index (κ3) is 4.43. The maximum atomic E-state index is 12.9. The molecule has 0 aliphatic carbocycles. The highest BCUT2D eigenvalue weighted by Gasteiger charge is 2.16. The molecule has 180 valence electrons. The summed E-state index contributed by atoms with van der Waals surface area (Å²) in [7, 11) is 1.95. The molecule has 0 fully saturated rings. The Labute approximate surface area is 209 Å². The van der Waals surface area contributed by atoms with Crippen LogP contribution in [0.25, 0.3) is 22.0 Å². The van der Waals surface area contributed by atoms with Gasteiger partial charge < -0.3 is 10.1 Å². The van der Waals surface area contributed by atoms with Crippen LogP contribution in [0.1, 0.15) is 32.9 Å². The average molecular weight is 478 g/mol. The second-order valence-electron chi connectivity index (χ2n) is 8.78. The van der Waals surface area contributed by atoms with E-state index < -0.39 is 0 Å². The number of carbonyl (C=O) groups excluding carboxylic acids is 1. The van der Waals surface area contributed by atoms with Crippen molar-refractivity contribution in [3.8, 4) is 22.6 Å². The molecule has 0 aliphatic heterocycles. The van der Waals surface area contributed by atoms with Crippen molar-refractivity contribution in [3.63, 3.8) is 0 Å². The van der Waals surface area contributed by atoms with Crippen LogP contribution in [-0.4, -0.2) is 25.7 Å². The van der Waals surface area contributed by atoms with Gasteiger partial charge in [-0.25, -0.2) is 0 Å². The zero-order valence-corrected chi connectivity index (χ0v) is 20.7. The largest absolute Gasteiger partial charge is 0.456 e. The number of nitrogens with one attached hydrogen (secondary N) is 1. The van der Waals surface area contributed by atoms with Crippen molar-refractivity contribution in [2.75, 3.05) is 0 Å². The van der Waals surface area contributed by atoms with Crippen molar-refractivity contribution < 1.29 is 9.53 Å². The molecule has 0 spiro atoms. The Kier molecular flexibility index (Phi) is 6.21. The maximum Gasteiger partial charge on any atom is 0.251 e. The maximum absolute atomic E-state index is 12.9. The van der Waals surface area contributed by atoms with Gasteiger partial charge in [-0.2, -0.15) is 5.10 Å². The Morgan fingerprint density at radius 1 is 0.972 bits per heavy atom. The molecule has 0 saturated heterocycles. The number of hydrogen-bond acceptors (Lipinski definition) is 5. The predicted octanol–water partition coefficient (Wildman–Crippen LogP) is 5.68. The first-order valence-corrected chi connectivity index (χ1v) is 11.8. The molecule has 3 aromatic heterocycles. The highest BCUT2D eigenvalue weighted by Crippen LogP contribution is 2.35. The van der Waals surface area contributed by atoms with E-state index in [1.807, 2.05) is 62.0 Å². The van der Waals surface area contributed by atoms with E-state index in [0.29, 0.717) is 23.6 Å². The third-order valence-corrected chi connectivity index (χ3v) is 6.45. The summed E-state index contributed by atoms with van der Waals surface area (Å²) in [6.07, 6.45) is 5.16. The van der Waals surface area contributed by atoms with E-state index >= 15 is 0 Å². The number of rotatable bonds is 6. The van der Waals surface area contributed by atoms with Gasteiger partial charge in [-0.3, -0.25) is 19.4 Å². The lowest BCUT2D eigenvalue weighted by atomic mass is 10.0. The molecular formula is C29H27N5O2. The summed E-state index contributed by atoms with van der Waals surface area (Å²) in [5.74, 6) is 1.16. The Balaban J connectivity index is 1.42. The number of nitrogens with zero attached hydrogens (tertiary/aromatic N) is 4. The summed E-state index contributed by atoms with van der Waals surface area (Å²) in [6.45, 7) is 6.41. The molecule has 5 aromatic rings. The van der Waals surface area contributed by atoms with E-state index in [9.17, 15) is 4.79 Å². The van der Waals surface area contributed by atoms with E-state index in [2.05, 4.69) is 39.4 Å². The van der Waals surface area contributed by atoms with Crippen LogP contribution in [0.15, 0.2) is 73.2 Å². The molecule has 0 atom stereocenters. The number of hydrogen-bond donors (Lipinski definition) is 1. The average Bonchev–Trinajstić information content (AvgIpc) is 3.15. The smallest absolute Gasteiger partial charge is 0.251 e. The first-order valence-electron chi connectivity index (χ1n) is 11.8. The van der Waals surface area contributed by atoms with Gasteiger partial charge in [0.1, 0.15) is 11.5 Å². The van der Waals surface area contributed by atoms with Crippen molar-refractivity contribution in [1.29, 1.82) is 0 Å². The molecule has 7 nitrogen and oxygen atoms in total. The number of carbonyl (C=O) groups is 1. The molecule has 3 heterocycles. The van der Waals surface area contributed by atoms with E-state index in [0.717, 1.165) is 44.5 Å². The molecule has 0 radical (unpaired) electrons. The SMILES string of the molecule is Cc1nn(C)c(C)c1-c1ccc2c(Oc3cccc(C(=O)NCc4ccncc4)c3C)ccnc2c1. The summed E-state index contributed by atoms with van der Waals surface area (Å²) < 4.78 is 8.22. The van der Waals surface area contributed by atoms with Crippen molar-refractivity contribution in [2.24, 2.45) is 7.05 Å². The summed E-state index contributed by atoms with van der Waals surface area (Å²) in [5.41, 5.74) is 7.44. The van der Waals surface area contributed by atoms with Crippen LogP contribution in [0.2, 0.25) is 0 Å². The number of pyridine rings is 2. The van der Waals surface area contributed by atoms with Crippen LogP contribution in [0.3, 0.4) is 0 Å². The number of benzene rings is 2. The predicted molar refractivity (Wildman–Crippen MR) is 140 cm³/mol. The third-order valence-electron chi connectivity index (χ3n) is 6.45. The van der Waals surface area contributed by atoms with E-state index in [1.165, 1.54) is 0 Å². The molecule has 5 rings (SSSR count). The Bertz CT molecular complexity index is 1570. The first kappa shape index (κ1) is 23.2. The summed E-state index contributed by atoms with van der Waals surface area (Å²) in [6, 6.07) is 17.3. The Hall–Kier alpha value is -4.52. The fraction of sp³-hybridized carbons (Fsp3) is 0.172. The summed E-state index contributed by atoms with van der Waals surface area (Å²) in [4.78, 5) is 21.5.